The number of hydrogen-bond donors (Lipinski definition) is 5. The first kappa shape index (κ1) is 17.0. The molecule has 0 saturated carbocycles. The Morgan fingerprint density at radius 2 is 1.62 bits per heavy atom. The van der Waals surface area contributed by atoms with Gasteiger partial charge in [-0.1, -0.05) is 0 Å². The summed E-state index contributed by atoms with van der Waals surface area (Å²) < 4.78 is 10.1. The Hall–Kier alpha value is -2.03. The second-order valence-corrected chi connectivity index (χ2v) is 4.50. The number of aliphatic hydroxyl groups excluding tert-OH is 3. The molecular formula is C13H20N2O6. The van der Waals surface area contributed by atoms with Crippen LogP contribution in [0.2, 0.25) is 0 Å². The Morgan fingerprint density at radius 3 is 2.05 bits per heavy atom. The monoisotopic (exact) mass is 300 g/mol. The smallest absolute Gasteiger partial charge is 0.254 e. The van der Waals surface area contributed by atoms with Gasteiger partial charge in [0.2, 0.25) is 0 Å². The summed E-state index contributed by atoms with van der Waals surface area (Å²) in [7, 11) is 2.85. The molecule has 8 heteroatoms. The van der Waals surface area contributed by atoms with Crippen LogP contribution < -0.4 is 20.5 Å². The maximum absolute atomic E-state index is 12.2. The van der Waals surface area contributed by atoms with E-state index in [1.54, 1.807) is 0 Å². The highest BCUT2D eigenvalue weighted by Gasteiger charge is 2.31. The van der Waals surface area contributed by atoms with Crippen LogP contribution in [0.3, 0.4) is 0 Å². The summed E-state index contributed by atoms with van der Waals surface area (Å²) in [4.78, 5) is 12.2. The fourth-order valence-electron chi connectivity index (χ4n) is 1.67. The average molecular weight is 300 g/mol. The van der Waals surface area contributed by atoms with E-state index < -0.39 is 31.3 Å². The lowest BCUT2D eigenvalue weighted by Crippen LogP contribution is -2.57. The first-order valence-electron chi connectivity index (χ1n) is 6.13. The van der Waals surface area contributed by atoms with Crippen molar-refractivity contribution in [1.82, 2.24) is 5.32 Å². The Labute approximate surface area is 122 Å². The summed E-state index contributed by atoms with van der Waals surface area (Å²) in [5.74, 6) is 0.00864. The number of nitrogens with two attached hydrogens (primary N) is 1. The van der Waals surface area contributed by atoms with Crippen molar-refractivity contribution in [2.24, 2.45) is 0 Å². The molecule has 1 amide bonds. The van der Waals surface area contributed by atoms with Crippen LogP contribution in [-0.4, -0.2) is 60.8 Å². The Morgan fingerprint density at radius 1 is 1.14 bits per heavy atom. The van der Waals surface area contributed by atoms with Gasteiger partial charge in [-0.25, -0.2) is 0 Å². The van der Waals surface area contributed by atoms with Gasteiger partial charge in [-0.3, -0.25) is 4.79 Å². The zero-order valence-electron chi connectivity index (χ0n) is 11.9. The number of methoxy groups -OCH3 is 2. The third-order valence-corrected chi connectivity index (χ3v) is 3.09. The zero-order chi connectivity index (χ0) is 16.0. The summed E-state index contributed by atoms with van der Waals surface area (Å²) in [5, 5.41) is 30.0. The third kappa shape index (κ3) is 3.54. The van der Waals surface area contributed by atoms with E-state index in [9.17, 15) is 20.1 Å². The number of anilines is 1. The van der Waals surface area contributed by atoms with Crippen LogP contribution in [0.5, 0.6) is 11.5 Å². The fourth-order valence-corrected chi connectivity index (χ4v) is 1.67. The van der Waals surface area contributed by atoms with Crippen molar-refractivity contribution in [2.45, 2.75) is 5.54 Å². The predicted molar refractivity (Wildman–Crippen MR) is 75.4 cm³/mol. The minimum Gasteiger partial charge on any atom is -0.493 e. The molecule has 6 N–H and O–H groups in total. The standard InChI is InChI=1S/C13H20N2O6/c1-20-10-3-8(9(14)4-11(10)21-2)12(19)15-13(5-16,6-17)7-18/h3-4,16-18H,5-7,14H2,1-2H3,(H,15,19). The number of amides is 1. The molecule has 0 spiro atoms. The number of aliphatic hydroxyl groups is 3. The second-order valence-electron chi connectivity index (χ2n) is 4.50. The lowest BCUT2D eigenvalue weighted by Gasteiger charge is -2.29. The summed E-state index contributed by atoms with van der Waals surface area (Å²) in [6.07, 6.45) is 0. The number of carbonyl (C=O) groups is 1. The Kier molecular flexibility index (Phi) is 5.77. The van der Waals surface area contributed by atoms with Crippen LogP contribution in [-0.2, 0) is 0 Å². The van der Waals surface area contributed by atoms with Gasteiger partial charge >= 0.3 is 0 Å². The van der Waals surface area contributed by atoms with Crippen molar-refractivity contribution in [3.63, 3.8) is 0 Å². The van der Waals surface area contributed by atoms with Crippen molar-refractivity contribution in [2.75, 3.05) is 39.8 Å². The first-order valence-corrected chi connectivity index (χ1v) is 6.13. The average Bonchev–Trinajstić information content (AvgIpc) is 2.52. The number of carbonyl (C=O) groups excluding carboxylic acids is 1. The molecule has 0 radical (unpaired) electrons. The molecule has 0 aliphatic rings. The number of benzene rings is 1. The van der Waals surface area contributed by atoms with Crippen LogP contribution in [0.25, 0.3) is 0 Å². The van der Waals surface area contributed by atoms with Gasteiger partial charge in [0.25, 0.3) is 5.91 Å². The normalized spacial score (nSPS) is 11.1. The molecule has 118 valence electrons. The van der Waals surface area contributed by atoms with E-state index in [0.29, 0.717) is 11.5 Å². The molecule has 1 rings (SSSR count). The summed E-state index contributed by atoms with van der Waals surface area (Å²) in [6.45, 7) is -1.88. The molecule has 0 atom stereocenters. The van der Waals surface area contributed by atoms with Gasteiger partial charge in [0.1, 0.15) is 5.54 Å². The zero-order valence-corrected chi connectivity index (χ0v) is 11.9. The van der Waals surface area contributed by atoms with Crippen molar-refractivity contribution in [1.29, 1.82) is 0 Å². The van der Waals surface area contributed by atoms with E-state index >= 15 is 0 Å². The highest BCUT2D eigenvalue weighted by molar-refractivity contribution is 6.00. The minimum absolute atomic E-state index is 0.0763. The number of hydrogen-bond acceptors (Lipinski definition) is 7. The van der Waals surface area contributed by atoms with Crippen LogP contribution in [0.15, 0.2) is 12.1 Å². The summed E-state index contributed by atoms with van der Waals surface area (Å²) in [5.41, 5.74) is 4.46. The molecule has 0 saturated heterocycles. The van der Waals surface area contributed by atoms with Crippen LogP contribution in [0.1, 0.15) is 10.4 Å². The number of nitrogen functional groups attached to an aromatic ring is 1. The lowest BCUT2D eigenvalue weighted by atomic mass is 10.0. The molecule has 1 aromatic carbocycles. The van der Waals surface area contributed by atoms with Crippen LogP contribution in [0.4, 0.5) is 5.69 Å². The quantitative estimate of drug-likeness (QED) is 0.396. The molecule has 0 aliphatic heterocycles. The fraction of sp³-hybridized carbons (Fsp3) is 0.462. The molecule has 0 unspecified atom stereocenters. The van der Waals surface area contributed by atoms with Crippen molar-refractivity contribution in [3.05, 3.63) is 17.7 Å². The number of rotatable bonds is 7. The van der Waals surface area contributed by atoms with Gasteiger partial charge in [0, 0.05) is 11.8 Å². The van der Waals surface area contributed by atoms with Gasteiger partial charge in [-0.15, -0.1) is 0 Å². The first-order chi connectivity index (χ1) is 9.96. The molecule has 0 aromatic heterocycles. The van der Waals surface area contributed by atoms with E-state index in [0.717, 1.165) is 0 Å². The van der Waals surface area contributed by atoms with Gasteiger partial charge in [0.15, 0.2) is 11.5 Å². The van der Waals surface area contributed by atoms with Crippen molar-refractivity contribution < 1.29 is 29.6 Å². The van der Waals surface area contributed by atoms with E-state index in [-0.39, 0.29) is 11.3 Å². The van der Waals surface area contributed by atoms with Gasteiger partial charge in [-0.05, 0) is 6.07 Å². The highest BCUT2D eigenvalue weighted by Crippen LogP contribution is 2.32. The topological polar surface area (TPSA) is 134 Å². The van der Waals surface area contributed by atoms with E-state index in [1.165, 1.54) is 26.4 Å². The summed E-state index contributed by atoms with van der Waals surface area (Å²) in [6, 6.07) is 2.80. The van der Waals surface area contributed by atoms with Crippen LogP contribution in [0, 0.1) is 0 Å². The SMILES string of the molecule is COc1cc(N)c(C(=O)NC(CO)(CO)CO)cc1OC. The largest absolute Gasteiger partial charge is 0.493 e. The van der Waals surface area contributed by atoms with Gasteiger partial charge in [-0.2, -0.15) is 0 Å². The molecule has 0 heterocycles. The molecule has 1 aromatic rings. The molecule has 0 bridgehead atoms. The minimum atomic E-state index is -1.53. The molecular weight excluding hydrogens is 280 g/mol. The third-order valence-electron chi connectivity index (χ3n) is 3.09. The van der Waals surface area contributed by atoms with Crippen LogP contribution >= 0.6 is 0 Å². The number of ether oxygens (including phenoxy) is 2. The molecule has 0 fully saturated rings. The lowest BCUT2D eigenvalue weighted by molar-refractivity contribution is 0.0375. The maximum atomic E-state index is 12.2. The maximum Gasteiger partial charge on any atom is 0.254 e. The Balaban J connectivity index is 3.13. The molecule has 21 heavy (non-hydrogen) atoms. The predicted octanol–water partition coefficient (Wildman–Crippen LogP) is -1.27. The van der Waals surface area contributed by atoms with Gasteiger partial charge in [0.05, 0.1) is 39.6 Å². The number of nitrogens with one attached hydrogen (secondary N) is 1. The highest BCUT2D eigenvalue weighted by atomic mass is 16.5. The van der Waals surface area contributed by atoms with Crippen molar-refractivity contribution >= 4 is 11.6 Å². The van der Waals surface area contributed by atoms with E-state index in [1.807, 2.05) is 0 Å². The van der Waals surface area contributed by atoms with Crippen molar-refractivity contribution in [3.8, 4) is 11.5 Å². The summed E-state index contributed by atoms with van der Waals surface area (Å²) >= 11 is 0. The van der Waals surface area contributed by atoms with Gasteiger partial charge < -0.3 is 35.8 Å². The Bertz CT molecular complexity index is 493. The molecule has 8 nitrogen and oxygen atoms in total. The van der Waals surface area contributed by atoms with E-state index in [4.69, 9.17) is 15.2 Å². The van der Waals surface area contributed by atoms with E-state index in [2.05, 4.69) is 5.32 Å². The molecule has 0 aliphatic carbocycles. The second kappa shape index (κ2) is 7.11.